The van der Waals surface area contributed by atoms with Crippen molar-refractivity contribution in [3.8, 4) is 0 Å². The summed E-state index contributed by atoms with van der Waals surface area (Å²) in [5.41, 5.74) is 1.27. The SMILES string of the molecule is FC(F)(F)C1CCN(C2=CCCC2)CC1. The fourth-order valence-electron chi connectivity index (χ4n) is 2.44. The summed E-state index contributed by atoms with van der Waals surface area (Å²) in [6, 6.07) is 0. The molecule has 4 heteroatoms. The topological polar surface area (TPSA) is 3.24 Å². The number of piperidine rings is 1. The molecule has 0 aromatic rings. The van der Waals surface area contributed by atoms with Crippen molar-refractivity contribution in [3.05, 3.63) is 11.8 Å². The predicted molar refractivity (Wildman–Crippen MR) is 52.3 cm³/mol. The summed E-state index contributed by atoms with van der Waals surface area (Å²) in [4.78, 5) is 2.13. The van der Waals surface area contributed by atoms with Gasteiger partial charge in [-0.05, 0) is 32.1 Å². The Bertz CT molecular complexity index is 249. The van der Waals surface area contributed by atoms with Crippen LogP contribution >= 0.6 is 0 Å². The summed E-state index contributed by atoms with van der Waals surface area (Å²) >= 11 is 0. The molecule has 1 heterocycles. The van der Waals surface area contributed by atoms with E-state index in [1.807, 2.05) is 0 Å². The predicted octanol–water partition coefficient (Wildman–Crippen LogP) is 3.33. The Morgan fingerprint density at radius 2 is 1.87 bits per heavy atom. The van der Waals surface area contributed by atoms with Crippen LogP contribution in [0.2, 0.25) is 0 Å². The quantitative estimate of drug-likeness (QED) is 0.653. The number of hydrogen-bond donors (Lipinski definition) is 0. The zero-order valence-electron chi connectivity index (χ0n) is 8.69. The van der Waals surface area contributed by atoms with Gasteiger partial charge in [-0.2, -0.15) is 13.2 Å². The van der Waals surface area contributed by atoms with E-state index in [0.717, 1.165) is 19.3 Å². The first kappa shape index (κ1) is 10.8. The highest BCUT2D eigenvalue weighted by Crippen LogP contribution is 2.36. The lowest BCUT2D eigenvalue weighted by atomic mass is 9.96. The lowest BCUT2D eigenvalue weighted by Crippen LogP contribution is -2.38. The maximum Gasteiger partial charge on any atom is 0.391 e. The number of halogens is 3. The van der Waals surface area contributed by atoms with Gasteiger partial charge < -0.3 is 4.90 Å². The van der Waals surface area contributed by atoms with Crippen molar-refractivity contribution >= 4 is 0 Å². The third-order valence-electron chi connectivity index (χ3n) is 3.38. The van der Waals surface area contributed by atoms with Gasteiger partial charge in [-0.25, -0.2) is 0 Å². The zero-order chi connectivity index (χ0) is 10.9. The summed E-state index contributed by atoms with van der Waals surface area (Å²) in [5.74, 6) is -1.07. The van der Waals surface area contributed by atoms with E-state index in [1.165, 1.54) is 5.70 Å². The maximum absolute atomic E-state index is 12.4. The van der Waals surface area contributed by atoms with Crippen LogP contribution in [0.4, 0.5) is 13.2 Å². The number of rotatable bonds is 1. The molecule has 2 rings (SSSR count). The van der Waals surface area contributed by atoms with Crippen molar-refractivity contribution in [2.24, 2.45) is 5.92 Å². The molecule has 0 unspecified atom stereocenters. The Hall–Kier alpha value is -0.670. The first-order valence-corrected chi connectivity index (χ1v) is 5.58. The lowest BCUT2D eigenvalue weighted by Gasteiger charge is -2.35. The van der Waals surface area contributed by atoms with Crippen molar-refractivity contribution in [2.45, 2.75) is 38.3 Å². The van der Waals surface area contributed by atoms with Crippen LogP contribution in [0.25, 0.3) is 0 Å². The van der Waals surface area contributed by atoms with Gasteiger partial charge in [-0.15, -0.1) is 0 Å². The molecule has 15 heavy (non-hydrogen) atoms. The van der Waals surface area contributed by atoms with E-state index in [1.54, 1.807) is 0 Å². The molecule has 0 atom stereocenters. The third kappa shape index (κ3) is 2.47. The van der Waals surface area contributed by atoms with Crippen molar-refractivity contribution < 1.29 is 13.2 Å². The van der Waals surface area contributed by atoms with Crippen LogP contribution in [-0.4, -0.2) is 24.2 Å². The van der Waals surface area contributed by atoms with Gasteiger partial charge in [0.1, 0.15) is 0 Å². The number of hydrogen-bond acceptors (Lipinski definition) is 1. The molecule has 86 valence electrons. The molecule has 0 aromatic carbocycles. The van der Waals surface area contributed by atoms with E-state index in [-0.39, 0.29) is 12.8 Å². The highest BCUT2D eigenvalue weighted by atomic mass is 19.4. The molecule has 1 aliphatic carbocycles. The van der Waals surface area contributed by atoms with Gasteiger partial charge in [0.15, 0.2) is 0 Å². The Balaban J connectivity index is 1.87. The molecule has 0 spiro atoms. The smallest absolute Gasteiger partial charge is 0.375 e. The second-order valence-corrected chi connectivity index (χ2v) is 4.39. The van der Waals surface area contributed by atoms with E-state index >= 15 is 0 Å². The third-order valence-corrected chi connectivity index (χ3v) is 3.38. The van der Waals surface area contributed by atoms with Gasteiger partial charge >= 0.3 is 6.18 Å². The largest absolute Gasteiger partial charge is 0.391 e. The summed E-state index contributed by atoms with van der Waals surface area (Å²) < 4.78 is 37.2. The average Bonchev–Trinajstić information content (AvgIpc) is 2.69. The maximum atomic E-state index is 12.4. The van der Waals surface area contributed by atoms with E-state index in [2.05, 4.69) is 11.0 Å². The number of likely N-dealkylation sites (tertiary alicyclic amines) is 1. The number of allylic oxidation sites excluding steroid dienone is 2. The summed E-state index contributed by atoms with van der Waals surface area (Å²) in [6.07, 6.45) is 2.02. The Kier molecular flexibility index (Phi) is 2.94. The highest BCUT2D eigenvalue weighted by Gasteiger charge is 2.41. The summed E-state index contributed by atoms with van der Waals surface area (Å²) in [5, 5.41) is 0. The second-order valence-electron chi connectivity index (χ2n) is 4.39. The fourth-order valence-corrected chi connectivity index (χ4v) is 2.44. The van der Waals surface area contributed by atoms with Gasteiger partial charge in [0.25, 0.3) is 0 Å². The van der Waals surface area contributed by atoms with Crippen molar-refractivity contribution in [3.63, 3.8) is 0 Å². The van der Waals surface area contributed by atoms with Gasteiger partial charge in [0, 0.05) is 18.8 Å². The molecule has 2 aliphatic rings. The standard InChI is InChI=1S/C11H16F3N/c12-11(13,14)9-5-7-15(8-6-9)10-3-1-2-4-10/h3,9H,1-2,4-8H2. The monoisotopic (exact) mass is 219 g/mol. The van der Waals surface area contributed by atoms with Gasteiger partial charge in [0.2, 0.25) is 0 Å². The minimum Gasteiger partial charge on any atom is -0.375 e. The molecule has 0 amide bonds. The van der Waals surface area contributed by atoms with Crippen LogP contribution in [-0.2, 0) is 0 Å². The Morgan fingerprint density at radius 1 is 1.20 bits per heavy atom. The van der Waals surface area contributed by atoms with Crippen LogP contribution in [0.15, 0.2) is 11.8 Å². The normalized spacial score (nSPS) is 24.5. The Labute approximate surface area is 87.9 Å². The van der Waals surface area contributed by atoms with Crippen LogP contribution < -0.4 is 0 Å². The lowest BCUT2D eigenvalue weighted by molar-refractivity contribution is -0.184. The molecule has 1 fully saturated rings. The van der Waals surface area contributed by atoms with Crippen LogP contribution in [0.5, 0.6) is 0 Å². The molecule has 0 saturated carbocycles. The minimum absolute atomic E-state index is 0.265. The first-order chi connectivity index (χ1) is 7.07. The molecule has 0 N–H and O–H groups in total. The molecular formula is C11H16F3N. The molecule has 0 bridgehead atoms. The van der Waals surface area contributed by atoms with E-state index in [4.69, 9.17) is 0 Å². The summed E-state index contributed by atoms with van der Waals surface area (Å²) in [6.45, 7) is 1.16. The van der Waals surface area contributed by atoms with E-state index in [0.29, 0.717) is 13.1 Å². The average molecular weight is 219 g/mol. The second kappa shape index (κ2) is 4.06. The van der Waals surface area contributed by atoms with Crippen LogP contribution in [0, 0.1) is 5.92 Å². The Morgan fingerprint density at radius 3 is 2.33 bits per heavy atom. The van der Waals surface area contributed by atoms with Crippen LogP contribution in [0.1, 0.15) is 32.1 Å². The first-order valence-electron chi connectivity index (χ1n) is 5.58. The van der Waals surface area contributed by atoms with Gasteiger partial charge in [0.05, 0.1) is 5.92 Å². The molecule has 1 saturated heterocycles. The van der Waals surface area contributed by atoms with Crippen molar-refractivity contribution in [2.75, 3.05) is 13.1 Å². The number of nitrogens with zero attached hydrogens (tertiary/aromatic N) is 1. The highest BCUT2D eigenvalue weighted by molar-refractivity contribution is 5.07. The van der Waals surface area contributed by atoms with Crippen LogP contribution in [0.3, 0.4) is 0 Å². The van der Waals surface area contributed by atoms with Crippen molar-refractivity contribution in [1.82, 2.24) is 4.90 Å². The van der Waals surface area contributed by atoms with E-state index < -0.39 is 12.1 Å². The fraction of sp³-hybridized carbons (Fsp3) is 0.818. The van der Waals surface area contributed by atoms with E-state index in [9.17, 15) is 13.2 Å². The molecule has 1 nitrogen and oxygen atoms in total. The summed E-state index contributed by atoms with van der Waals surface area (Å²) in [7, 11) is 0. The molecule has 1 aliphatic heterocycles. The van der Waals surface area contributed by atoms with Crippen molar-refractivity contribution in [1.29, 1.82) is 0 Å². The zero-order valence-corrected chi connectivity index (χ0v) is 8.69. The number of alkyl halides is 3. The minimum atomic E-state index is -3.99. The molecule has 0 aromatic heterocycles. The molecular weight excluding hydrogens is 203 g/mol. The van der Waals surface area contributed by atoms with Gasteiger partial charge in [-0.1, -0.05) is 6.08 Å². The molecule has 0 radical (unpaired) electrons. The van der Waals surface area contributed by atoms with Gasteiger partial charge in [-0.3, -0.25) is 0 Å².